The van der Waals surface area contributed by atoms with Crippen molar-refractivity contribution in [1.29, 1.82) is 0 Å². The Morgan fingerprint density at radius 2 is 1.93 bits per heavy atom. The highest BCUT2D eigenvalue weighted by atomic mass is 32.2. The van der Waals surface area contributed by atoms with E-state index < -0.39 is 9.84 Å². The molecule has 0 saturated carbocycles. The van der Waals surface area contributed by atoms with Crippen LogP contribution in [0.4, 0.5) is 4.39 Å². The van der Waals surface area contributed by atoms with Gasteiger partial charge in [-0.15, -0.1) is 0 Å². The summed E-state index contributed by atoms with van der Waals surface area (Å²) in [7, 11) is -3.27. The first-order valence-corrected chi connectivity index (χ1v) is 10.7. The van der Waals surface area contributed by atoms with E-state index in [1.54, 1.807) is 42.6 Å². The van der Waals surface area contributed by atoms with Crippen LogP contribution in [0.3, 0.4) is 0 Å². The van der Waals surface area contributed by atoms with Gasteiger partial charge in [0.2, 0.25) is 0 Å². The molecule has 0 spiro atoms. The number of hydrogen-bond acceptors (Lipinski definition) is 4. The molecule has 3 aromatic rings. The molecule has 1 aliphatic carbocycles. The Hall–Kier alpha value is -3.06. The molecule has 7 heteroatoms. The molecular weight excluding hydrogens is 377 g/mol. The number of hydrogen-bond donors (Lipinski definition) is 0. The van der Waals surface area contributed by atoms with Crippen LogP contribution in [0.5, 0.6) is 0 Å². The van der Waals surface area contributed by atoms with Gasteiger partial charge in [0.05, 0.1) is 10.6 Å². The number of nitrogens with zero attached hydrogens (tertiary/aromatic N) is 3. The number of halogens is 1. The maximum Gasteiger partial charge on any atom is 0.175 e. The van der Waals surface area contributed by atoms with Crippen molar-refractivity contribution in [1.82, 2.24) is 14.5 Å². The van der Waals surface area contributed by atoms with Crippen molar-refractivity contribution >= 4 is 9.84 Å². The molecule has 4 rings (SSSR count). The summed E-state index contributed by atoms with van der Waals surface area (Å²) in [5, 5.41) is 0. The Morgan fingerprint density at radius 1 is 1.14 bits per heavy atom. The lowest BCUT2D eigenvalue weighted by atomic mass is 9.97. The van der Waals surface area contributed by atoms with E-state index in [2.05, 4.69) is 4.98 Å². The van der Waals surface area contributed by atoms with Crippen LogP contribution < -0.4 is 0 Å². The Morgan fingerprint density at radius 3 is 2.54 bits per heavy atom. The van der Waals surface area contributed by atoms with Crippen LogP contribution in [0, 0.1) is 0 Å². The van der Waals surface area contributed by atoms with Gasteiger partial charge in [-0.1, -0.05) is 12.1 Å². The van der Waals surface area contributed by atoms with Crippen LogP contribution in [0.25, 0.3) is 17.2 Å². The number of imidazole rings is 1. The molecule has 0 radical (unpaired) electrons. The summed E-state index contributed by atoms with van der Waals surface area (Å²) in [5.74, 6) is 0.377. The predicted molar refractivity (Wildman–Crippen MR) is 106 cm³/mol. The summed E-state index contributed by atoms with van der Waals surface area (Å²) < 4.78 is 38.7. The normalized spacial score (nSPS) is 16.8. The van der Waals surface area contributed by atoms with Crippen molar-refractivity contribution in [2.75, 3.05) is 6.26 Å². The van der Waals surface area contributed by atoms with Gasteiger partial charge >= 0.3 is 0 Å². The monoisotopic (exact) mass is 395 g/mol. The zero-order valence-electron chi connectivity index (χ0n) is 15.2. The second-order valence-corrected chi connectivity index (χ2v) is 8.65. The van der Waals surface area contributed by atoms with E-state index in [0.717, 1.165) is 11.4 Å². The SMILES string of the molecule is CS(=O)(=O)c1ccc(-n2cc(C3C=CC(F)=CC3)nc2-c2ccccn2)cc1. The molecule has 1 aliphatic rings. The van der Waals surface area contributed by atoms with Crippen molar-refractivity contribution in [3.63, 3.8) is 0 Å². The van der Waals surface area contributed by atoms with Crippen molar-refractivity contribution in [2.45, 2.75) is 17.2 Å². The highest BCUT2D eigenvalue weighted by Crippen LogP contribution is 2.30. The maximum atomic E-state index is 13.3. The zero-order valence-corrected chi connectivity index (χ0v) is 16.0. The summed E-state index contributed by atoms with van der Waals surface area (Å²) in [6, 6.07) is 12.2. The zero-order chi connectivity index (χ0) is 19.7. The molecule has 28 heavy (non-hydrogen) atoms. The minimum Gasteiger partial charge on any atom is -0.298 e. The lowest BCUT2D eigenvalue weighted by Gasteiger charge is -2.10. The number of benzene rings is 1. The first kappa shape index (κ1) is 18.3. The molecule has 1 atom stereocenters. The van der Waals surface area contributed by atoms with Gasteiger partial charge in [-0.25, -0.2) is 17.8 Å². The topological polar surface area (TPSA) is 64.8 Å². The van der Waals surface area contributed by atoms with E-state index in [-0.39, 0.29) is 16.6 Å². The summed E-state index contributed by atoms with van der Waals surface area (Å²) >= 11 is 0. The second kappa shape index (κ2) is 7.16. The molecule has 0 N–H and O–H groups in total. The van der Waals surface area contributed by atoms with E-state index in [0.29, 0.717) is 17.9 Å². The molecule has 0 saturated heterocycles. The highest BCUT2D eigenvalue weighted by molar-refractivity contribution is 7.90. The fourth-order valence-electron chi connectivity index (χ4n) is 3.12. The third-order valence-electron chi connectivity index (χ3n) is 4.60. The molecule has 1 aromatic carbocycles. The van der Waals surface area contributed by atoms with Gasteiger partial charge in [-0.3, -0.25) is 9.55 Å². The van der Waals surface area contributed by atoms with Crippen LogP contribution in [-0.4, -0.2) is 29.2 Å². The smallest absolute Gasteiger partial charge is 0.175 e. The lowest BCUT2D eigenvalue weighted by molar-refractivity contribution is 0.602. The molecule has 2 aromatic heterocycles. The molecule has 0 fully saturated rings. The van der Waals surface area contributed by atoms with E-state index in [1.807, 2.05) is 29.0 Å². The summed E-state index contributed by atoms with van der Waals surface area (Å²) in [6.07, 6.45) is 10.1. The molecule has 5 nitrogen and oxygen atoms in total. The number of sulfone groups is 1. The van der Waals surface area contributed by atoms with Crippen molar-refractivity contribution in [3.05, 3.63) is 84.6 Å². The highest BCUT2D eigenvalue weighted by Gasteiger charge is 2.19. The van der Waals surface area contributed by atoms with Gasteiger partial charge in [0.25, 0.3) is 0 Å². The van der Waals surface area contributed by atoms with Gasteiger partial charge in [-0.05, 0) is 55.0 Å². The van der Waals surface area contributed by atoms with Crippen LogP contribution in [0.15, 0.2) is 83.8 Å². The molecule has 0 bridgehead atoms. The maximum absolute atomic E-state index is 13.3. The third-order valence-corrected chi connectivity index (χ3v) is 5.72. The van der Waals surface area contributed by atoms with Gasteiger partial charge in [0, 0.05) is 30.3 Å². The van der Waals surface area contributed by atoms with Crippen molar-refractivity contribution < 1.29 is 12.8 Å². The molecule has 142 valence electrons. The first-order valence-electron chi connectivity index (χ1n) is 8.77. The van der Waals surface area contributed by atoms with Crippen LogP contribution in [0.1, 0.15) is 18.0 Å². The van der Waals surface area contributed by atoms with Gasteiger partial charge in [0.1, 0.15) is 11.5 Å². The van der Waals surface area contributed by atoms with Gasteiger partial charge in [0.15, 0.2) is 15.7 Å². The number of allylic oxidation sites excluding steroid dienone is 4. The third kappa shape index (κ3) is 3.66. The Labute approximate surface area is 162 Å². The summed E-state index contributed by atoms with van der Waals surface area (Å²) in [4.78, 5) is 9.41. The predicted octanol–water partition coefficient (Wildman–Crippen LogP) is 4.23. The molecule has 1 unspecified atom stereocenters. The van der Waals surface area contributed by atoms with Crippen LogP contribution in [0.2, 0.25) is 0 Å². The Bertz CT molecular complexity index is 1160. The van der Waals surface area contributed by atoms with E-state index >= 15 is 0 Å². The number of aromatic nitrogens is 3. The quantitative estimate of drug-likeness (QED) is 0.663. The molecule has 0 aliphatic heterocycles. The van der Waals surface area contributed by atoms with E-state index in [4.69, 9.17) is 4.98 Å². The minimum atomic E-state index is -3.27. The molecule has 0 amide bonds. The van der Waals surface area contributed by atoms with Crippen LogP contribution in [-0.2, 0) is 9.84 Å². The van der Waals surface area contributed by atoms with E-state index in [1.165, 1.54) is 12.3 Å². The minimum absolute atomic E-state index is 0.0292. The number of rotatable bonds is 4. The fraction of sp³-hybridized carbons (Fsp3) is 0.143. The van der Waals surface area contributed by atoms with Crippen molar-refractivity contribution in [2.24, 2.45) is 0 Å². The molecular formula is C21H18FN3O2S. The standard InChI is InChI=1S/C21H18FN3O2S/c1-28(26,27)18-11-9-17(10-12-18)25-14-20(15-5-7-16(22)8-6-15)24-21(25)19-4-2-3-13-23-19/h2-5,7-15H,6H2,1H3. The van der Waals surface area contributed by atoms with Gasteiger partial charge < -0.3 is 0 Å². The second-order valence-electron chi connectivity index (χ2n) is 6.63. The van der Waals surface area contributed by atoms with Gasteiger partial charge in [-0.2, -0.15) is 0 Å². The summed E-state index contributed by atoms with van der Waals surface area (Å²) in [6.45, 7) is 0. The average molecular weight is 395 g/mol. The van der Waals surface area contributed by atoms with Crippen molar-refractivity contribution in [3.8, 4) is 17.2 Å². The molecule has 2 heterocycles. The van der Waals surface area contributed by atoms with Crippen LogP contribution >= 0.6 is 0 Å². The Balaban J connectivity index is 1.80. The number of pyridine rings is 1. The first-order chi connectivity index (χ1) is 13.4. The lowest BCUT2D eigenvalue weighted by Crippen LogP contribution is -2.00. The Kier molecular flexibility index (Phi) is 4.68. The summed E-state index contributed by atoms with van der Waals surface area (Å²) in [5.41, 5.74) is 2.27. The fourth-order valence-corrected chi connectivity index (χ4v) is 3.75. The average Bonchev–Trinajstić information content (AvgIpc) is 3.14. The van der Waals surface area contributed by atoms with E-state index in [9.17, 15) is 12.8 Å². The largest absolute Gasteiger partial charge is 0.298 e.